The van der Waals surface area contributed by atoms with E-state index >= 15 is 0 Å². The van der Waals surface area contributed by atoms with Crippen molar-refractivity contribution in [3.8, 4) is 0 Å². The van der Waals surface area contributed by atoms with Gasteiger partial charge in [0, 0.05) is 43.3 Å². The van der Waals surface area contributed by atoms with E-state index in [0.717, 1.165) is 6.42 Å². The smallest absolute Gasteiger partial charge is 0.264 e. The molecule has 2 aliphatic heterocycles. The van der Waals surface area contributed by atoms with Gasteiger partial charge in [0.25, 0.3) is 6.71 Å². The zero-order valence-corrected chi connectivity index (χ0v) is 41.7. The molecule has 63 heavy (non-hydrogen) atoms. The van der Waals surface area contributed by atoms with Gasteiger partial charge in [0.15, 0.2) is 0 Å². The summed E-state index contributed by atoms with van der Waals surface area (Å²) in [5.41, 5.74) is 19.1. The largest absolute Gasteiger partial charge is 0.311 e. The van der Waals surface area contributed by atoms with Crippen LogP contribution in [0.25, 0.3) is 20.9 Å². The number of benzene rings is 6. The number of hydrogen-bond donors (Lipinski definition) is 0. The first-order valence-electron chi connectivity index (χ1n) is 23.4. The summed E-state index contributed by atoms with van der Waals surface area (Å²) in [5, 5.41) is 3.96. The Hall–Kier alpha value is -4.80. The highest BCUT2D eigenvalue weighted by molar-refractivity contribution is 7.33. The molecule has 6 aromatic carbocycles. The van der Waals surface area contributed by atoms with Gasteiger partial charge in [0.1, 0.15) is 0 Å². The van der Waals surface area contributed by atoms with Crippen LogP contribution < -0.4 is 25.5 Å². The molecule has 0 fully saturated rings. The fourth-order valence-electron chi connectivity index (χ4n) is 11.4. The second-order valence-electron chi connectivity index (χ2n) is 24.8. The van der Waals surface area contributed by atoms with Crippen LogP contribution in [0.5, 0.6) is 0 Å². The molecule has 2 nitrogen and oxygen atoms in total. The summed E-state index contributed by atoms with van der Waals surface area (Å²) >= 11 is 2.01. The van der Waals surface area contributed by atoms with Crippen molar-refractivity contribution in [1.82, 2.24) is 0 Å². The average molecular weight is 847 g/mol. The summed E-state index contributed by atoms with van der Waals surface area (Å²) in [4.78, 5) is 5.31. The number of anilines is 6. The molecule has 0 radical (unpaired) electrons. The van der Waals surface area contributed by atoms with Gasteiger partial charge in [-0.2, -0.15) is 0 Å². The van der Waals surface area contributed by atoms with E-state index < -0.39 is 0 Å². The van der Waals surface area contributed by atoms with E-state index in [9.17, 15) is 0 Å². The molecule has 0 unspecified atom stereocenters. The number of hydrogen-bond acceptors (Lipinski definition) is 3. The van der Waals surface area contributed by atoms with Crippen molar-refractivity contribution in [2.45, 2.75) is 150 Å². The molecule has 7 aromatic rings. The van der Waals surface area contributed by atoms with Crippen molar-refractivity contribution >= 4 is 88.7 Å². The third-order valence-electron chi connectivity index (χ3n) is 14.8. The Kier molecular flexibility index (Phi) is 8.96. The monoisotopic (exact) mass is 847 g/mol. The Balaban J connectivity index is 1.35. The molecule has 0 spiro atoms. The van der Waals surface area contributed by atoms with Crippen LogP contribution in [0.2, 0.25) is 0 Å². The molecule has 3 heterocycles. The fraction of sp³-hybridized carbons (Fsp3) is 0.390. The van der Waals surface area contributed by atoms with Crippen molar-refractivity contribution < 1.29 is 0 Å². The summed E-state index contributed by atoms with van der Waals surface area (Å²) in [7, 11) is 0. The molecule has 0 saturated carbocycles. The lowest BCUT2D eigenvalue weighted by molar-refractivity contribution is 0.403. The minimum absolute atomic E-state index is 0.00933. The Morgan fingerprint density at radius 3 is 1.67 bits per heavy atom. The highest BCUT2D eigenvalue weighted by atomic mass is 32.1. The standard InChI is InChI=1S/C59H67BN2S/c1-54(2,3)37-19-22-41(23-20-37)61-47-26-21-39(56(7,8)9)30-46(47)60-51-48(61)31-40(57(10,11)12)32-49(51)62(42-24-25-44-45(33-42)59(15,16)34-58(44,13)14)52-43-28-36-27-38(55(4,5)6)18-17-35(36)29-50(43)63-53(52)60/h17-33H,34H2,1-16H3. The second-order valence-corrected chi connectivity index (χ2v) is 25.8. The first-order valence-corrected chi connectivity index (χ1v) is 24.2. The van der Waals surface area contributed by atoms with Crippen molar-refractivity contribution in [2.24, 2.45) is 0 Å². The zero-order valence-electron chi connectivity index (χ0n) is 40.9. The van der Waals surface area contributed by atoms with Crippen LogP contribution in [0.4, 0.5) is 34.1 Å². The molecule has 1 aromatic heterocycles. The molecule has 4 heteroatoms. The third-order valence-corrected chi connectivity index (χ3v) is 16.0. The first-order chi connectivity index (χ1) is 29.2. The Bertz CT molecular complexity index is 3020. The van der Waals surface area contributed by atoms with E-state index in [-0.39, 0.29) is 39.2 Å². The van der Waals surface area contributed by atoms with Crippen molar-refractivity contribution in [1.29, 1.82) is 0 Å². The number of nitrogens with zero attached hydrogens (tertiary/aromatic N) is 2. The highest BCUT2D eigenvalue weighted by Gasteiger charge is 2.48. The molecular formula is C59H67BN2S. The maximum absolute atomic E-state index is 2.71. The maximum Gasteiger partial charge on any atom is 0.264 e. The molecule has 1 aliphatic carbocycles. The lowest BCUT2D eigenvalue weighted by Crippen LogP contribution is -2.60. The number of thiophene rings is 1. The Morgan fingerprint density at radius 1 is 0.476 bits per heavy atom. The van der Waals surface area contributed by atoms with E-state index in [1.54, 1.807) is 0 Å². The first kappa shape index (κ1) is 42.2. The molecule has 3 aliphatic rings. The van der Waals surface area contributed by atoms with Crippen LogP contribution in [-0.2, 0) is 32.5 Å². The Morgan fingerprint density at radius 2 is 1.03 bits per heavy atom. The van der Waals surface area contributed by atoms with Crippen LogP contribution in [0.3, 0.4) is 0 Å². The normalized spacial score (nSPS) is 16.7. The van der Waals surface area contributed by atoms with E-state index in [2.05, 4.69) is 224 Å². The van der Waals surface area contributed by atoms with Gasteiger partial charge in [-0.25, -0.2) is 0 Å². The number of fused-ring (bicyclic) bond motifs is 8. The molecule has 10 rings (SSSR count). The van der Waals surface area contributed by atoms with Crippen LogP contribution in [0.1, 0.15) is 151 Å². The van der Waals surface area contributed by atoms with Gasteiger partial charge < -0.3 is 9.80 Å². The van der Waals surface area contributed by atoms with Gasteiger partial charge in [-0.1, -0.05) is 159 Å². The maximum atomic E-state index is 2.71. The van der Waals surface area contributed by atoms with Gasteiger partial charge in [-0.3, -0.25) is 0 Å². The van der Waals surface area contributed by atoms with Crippen LogP contribution >= 0.6 is 11.3 Å². The zero-order chi connectivity index (χ0) is 45.1. The van der Waals surface area contributed by atoms with Gasteiger partial charge in [0.05, 0.1) is 5.69 Å². The van der Waals surface area contributed by atoms with Crippen molar-refractivity contribution in [3.05, 3.63) is 137 Å². The third kappa shape index (κ3) is 6.63. The molecule has 0 atom stereocenters. The summed E-state index contributed by atoms with van der Waals surface area (Å²) in [6, 6.07) is 41.6. The summed E-state index contributed by atoms with van der Waals surface area (Å²) in [6.45, 7) is 38.0. The van der Waals surface area contributed by atoms with Crippen LogP contribution in [-0.4, -0.2) is 6.71 Å². The molecular weight excluding hydrogens is 780 g/mol. The summed E-state index contributed by atoms with van der Waals surface area (Å²) < 4.78 is 2.78. The molecule has 0 N–H and O–H groups in total. The molecule has 322 valence electrons. The Labute approximate surface area is 382 Å². The minimum atomic E-state index is -0.0919. The quantitative estimate of drug-likeness (QED) is 0.160. The number of rotatable bonds is 2. The van der Waals surface area contributed by atoms with E-state index in [4.69, 9.17) is 0 Å². The SMILES string of the molecule is CC(C)(C)c1ccc(N2c3ccc(C(C)(C)C)cc3B3c4sc5cc6ccc(C(C)(C)C)cc6cc5c4N(c4ccc5c(c4)C(C)(C)CC5(C)C)c4cc(C(C)(C)C)cc2c43)cc1. The van der Waals surface area contributed by atoms with Crippen LogP contribution in [0.15, 0.2) is 103 Å². The lowest BCUT2D eigenvalue weighted by Gasteiger charge is -2.44. The fourth-order valence-corrected chi connectivity index (χ4v) is 12.7. The predicted molar refractivity (Wildman–Crippen MR) is 279 cm³/mol. The minimum Gasteiger partial charge on any atom is -0.311 e. The molecule has 0 saturated heterocycles. The second kappa shape index (κ2) is 13.4. The van der Waals surface area contributed by atoms with Crippen LogP contribution in [0, 0.1) is 0 Å². The van der Waals surface area contributed by atoms with Crippen molar-refractivity contribution in [3.63, 3.8) is 0 Å². The predicted octanol–water partition coefficient (Wildman–Crippen LogP) is 15.3. The summed E-state index contributed by atoms with van der Waals surface area (Å²) in [6.07, 6.45) is 1.14. The summed E-state index contributed by atoms with van der Waals surface area (Å²) in [5.74, 6) is 0. The topological polar surface area (TPSA) is 6.48 Å². The van der Waals surface area contributed by atoms with E-state index in [1.807, 2.05) is 11.3 Å². The van der Waals surface area contributed by atoms with Gasteiger partial charge in [-0.15, -0.1) is 11.3 Å². The van der Waals surface area contributed by atoms with E-state index in [1.165, 1.54) is 104 Å². The van der Waals surface area contributed by atoms with Gasteiger partial charge >= 0.3 is 0 Å². The van der Waals surface area contributed by atoms with Gasteiger partial charge in [0.2, 0.25) is 0 Å². The van der Waals surface area contributed by atoms with E-state index in [0.29, 0.717) is 0 Å². The molecule has 0 amide bonds. The highest BCUT2D eigenvalue weighted by Crippen LogP contribution is 2.54. The van der Waals surface area contributed by atoms with Gasteiger partial charge in [-0.05, 0) is 149 Å². The average Bonchev–Trinajstić information content (AvgIpc) is 3.63. The van der Waals surface area contributed by atoms with Crippen molar-refractivity contribution in [2.75, 3.05) is 9.80 Å². The molecule has 0 bridgehead atoms. The lowest BCUT2D eigenvalue weighted by atomic mass is 9.36.